The molecule has 0 bridgehead atoms. The Hall–Kier alpha value is 0.360. The summed E-state index contributed by atoms with van der Waals surface area (Å²) in [5.74, 6) is -0.0292. The van der Waals surface area contributed by atoms with Crippen LogP contribution in [-0.2, 0) is 26.8 Å². The van der Waals surface area contributed by atoms with Gasteiger partial charge in [0, 0.05) is 11.8 Å². The van der Waals surface area contributed by atoms with Crippen molar-refractivity contribution in [3.8, 4) is 0 Å². The Balaban J connectivity index is 0.00000480. The molecule has 1 aromatic rings. The van der Waals surface area contributed by atoms with Crippen LogP contribution in [0.3, 0.4) is 0 Å². The second kappa shape index (κ2) is 10.7. The van der Waals surface area contributed by atoms with E-state index in [0.717, 1.165) is 16.3 Å². The normalized spacial score (nSPS) is 27.8. The standard InChI is InChI=1S/C10H18N3O13P3S.Na.H/c1-4-2-13(10(16)12-8(4)11)9-7(15)6(14)5(30-9)3-24-28(20,21)26-29(22,23)25-27(17,18)19;;/h2,5-7,9,14-15H,3H2,1H3,(H,20,21)(H,22,23)(H2,11,12,16)(H2,17,18,19);;/t5-,6-,7-,9-;;/m1../s1. The van der Waals surface area contributed by atoms with E-state index in [1.54, 1.807) is 6.92 Å². The predicted octanol–water partition coefficient (Wildman–Crippen LogP) is -1.84. The number of nitrogens with two attached hydrogens (primary N) is 1. The number of rotatable bonds is 8. The number of aromatic nitrogens is 2. The maximum absolute atomic E-state index is 12.0. The van der Waals surface area contributed by atoms with E-state index in [9.17, 15) is 33.6 Å². The summed E-state index contributed by atoms with van der Waals surface area (Å²) >= 11 is 0.759. The zero-order valence-corrected chi connectivity index (χ0v) is 18.4. The van der Waals surface area contributed by atoms with Crippen LogP contribution in [0.4, 0.5) is 5.82 Å². The molecular formula is C10H19N3NaO13P3S. The summed E-state index contributed by atoms with van der Waals surface area (Å²) in [6, 6.07) is 0. The first-order valence-corrected chi connectivity index (χ1v) is 13.1. The summed E-state index contributed by atoms with van der Waals surface area (Å²) in [5, 5.41) is 18.1. The van der Waals surface area contributed by atoms with Gasteiger partial charge in [0.1, 0.15) is 17.3 Å². The number of aryl methyl sites for hydroxylation is 1. The molecule has 2 rings (SSSR count). The van der Waals surface area contributed by atoms with E-state index in [4.69, 9.17) is 20.4 Å². The molecule has 1 aliphatic heterocycles. The van der Waals surface area contributed by atoms with E-state index in [0.29, 0.717) is 5.56 Å². The molecule has 0 spiro atoms. The molecule has 0 saturated carbocycles. The number of hydrogen-bond donors (Lipinski definition) is 7. The van der Waals surface area contributed by atoms with Crippen LogP contribution >= 0.6 is 35.2 Å². The molecule has 16 nitrogen and oxygen atoms in total. The average molecular weight is 537 g/mol. The molecule has 6 atom stereocenters. The van der Waals surface area contributed by atoms with Gasteiger partial charge in [-0.3, -0.25) is 9.09 Å². The second-order valence-electron chi connectivity index (χ2n) is 5.93. The molecule has 1 saturated heterocycles. The van der Waals surface area contributed by atoms with Crippen LogP contribution in [0, 0.1) is 6.92 Å². The molecule has 2 unspecified atom stereocenters. The quantitative estimate of drug-likeness (QED) is 0.142. The van der Waals surface area contributed by atoms with Crippen molar-refractivity contribution in [2.24, 2.45) is 0 Å². The van der Waals surface area contributed by atoms with E-state index >= 15 is 0 Å². The molecule has 0 amide bonds. The fraction of sp³-hybridized carbons (Fsp3) is 0.600. The maximum atomic E-state index is 12.0. The molecule has 0 radical (unpaired) electrons. The van der Waals surface area contributed by atoms with Gasteiger partial charge < -0.3 is 35.5 Å². The summed E-state index contributed by atoms with van der Waals surface area (Å²) < 4.78 is 46.2. The third kappa shape index (κ3) is 8.26. The number of hydrogen-bond acceptors (Lipinski definition) is 12. The van der Waals surface area contributed by atoms with E-state index in [1.165, 1.54) is 6.20 Å². The summed E-state index contributed by atoms with van der Waals surface area (Å²) in [6.07, 6.45) is -1.81. The molecule has 8 N–H and O–H groups in total. The van der Waals surface area contributed by atoms with Crippen molar-refractivity contribution in [2.45, 2.75) is 29.8 Å². The van der Waals surface area contributed by atoms with E-state index in [1.807, 2.05) is 0 Å². The van der Waals surface area contributed by atoms with Crippen molar-refractivity contribution in [2.75, 3.05) is 12.3 Å². The van der Waals surface area contributed by atoms with Crippen LogP contribution in [-0.4, -0.2) is 93.0 Å². The van der Waals surface area contributed by atoms with Crippen LogP contribution in [0.15, 0.2) is 11.0 Å². The molecule has 21 heteroatoms. The zero-order valence-electron chi connectivity index (χ0n) is 14.9. The second-order valence-corrected chi connectivity index (χ2v) is 11.7. The van der Waals surface area contributed by atoms with Crippen LogP contribution < -0.4 is 11.4 Å². The average Bonchev–Trinajstić information content (AvgIpc) is 2.81. The van der Waals surface area contributed by atoms with Crippen LogP contribution in [0.2, 0.25) is 0 Å². The van der Waals surface area contributed by atoms with Gasteiger partial charge in [-0.25, -0.2) is 18.5 Å². The van der Waals surface area contributed by atoms with Crippen LogP contribution in [0.25, 0.3) is 0 Å². The third-order valence-electron chi connectivity index (χ3n) is 3.60. The molecule has 31 heavy (non-hydrogen) atoms. The number of aliphatic hydroxyl groups is 2. The number of aliphatic hydroxyl groups excluding tert-OH is 2. The van der Waals surface area contributed by atoms with Crippen molar-refractivity contribution in [1.82, 2.24) is 9.55 Å². The van der Waals surface area contributed by atoms with Crippen LogP contribution in [0.1, 0.15) is 10.9 Å². The SMILES string of the molecule is Cc1cn([C@@H]2S[C@H](COP(=O)(O)OP(=O)(O)OP(=O)(O)O)[C@@H](O)[C@H]2O)c(=O)nc1N.[NaH]. The third-order valence-corrected chi connectivity index (χ3v) is 8.95. The number of phosphoric acid groups is 3. The topological polar surface area (TPSA) is 261 Å². The predicted molar refractivity (Wildman–Crippen MR) is 107 cm³/mol. The van der Waals surface area contributed by atoms with Gasteiger partial charge in [0.05, 0.1) is 18.0 Å². The van der Waals surface area contributed by atoms with Gasteiger partial charge in [0.25, 0.3) is 0 Å². The van der Waals surface area contributed by atoms with E-state index in [2.05, 4.69) is 18.1 Å². The summed E-state index contributed by atoms with van der Waals surface area (Å²) in [6.45, 7) is 0.715. The number of anilines is 1. The Morgan fingerprint density at radius 2 is 1.71 bits per heavy atom. The van der Waals surface area contributed by atoms with Gasteiger partial charge in [-0.15, -0.1) is 11.8 Å². The van der Waals surface area contributed by atoms with Gasteiger partial charge >= 0.3 is 58.7 Å². The van der Waals surface area contributed by atoms with Crippen molar-refractivity contribution in [3.63, 3.8) is 0 Å². The van der Waals surface area contributed by atoms with E-state index in [-0.39, 0.29) is 35.4 Å². The molecule has 1 aromatic heterocycles. The molecule has 0 aliphatic carbocycles. The fourth-order valence-corrected chi connectivity index (χ4v) is 6.90. The Labute approximate surface area is 200 Å². The fourth-order valence-electron chi connectivity index (χ4n) is 2.33. The van der Waals surface area contributed by atoms with Gasteiger partial charge in [-0.2, -0.15) is 13.6 Å². The first-order valence-electron chi connectivity index (χ1n) is 7.66. The minimum atomic E-state index is -5.69. The van der Waals surface area contributed by atoms with Crippen molar-refractivity contribution in [1.29, 1.82) is 0 Å². The Bertz CT molecular complexity index is 1000. The van der Waals surface area contributed by atoms with Crippen molar-refractivity contribution >= 4 is 70.6 Å². The first-order chi connectivity index (χ1) is 13.5. The first kappa shape index (κ1) is 29.4. The van der Waals surface area contributed by atoms with Gasteiger partial charge in [0.15, 0.2) is 0 Å². The van der Waals surface area contributed by atoms with Gasteiger partial charge in [0.2, 0.25) is 0 Å². The van der Waals surface area contributed by atoms with Crippen molar-refractivity contribution < 1.29 is 56.6 Å². The van der Waals surface area contributed by atoms with Gasteiger partial charge in [-0.1, -0.05) is 0 Å². The summed E-state index contributed by atoms with van der Waals surface area (Å²) in [5.41, 5.74) is 5.11. The molecule has 174 valence electrons. The van der Waals surface area contributed by atoms with Crippen molar-refractivity contribution in [3.05, 3.63) is 22.2 Å². The van der Waals surface area contributed by atoms with Crippen LogP contribution in [0.5, 0.6) is 0 Å². The monoisotopic (exact) mass is 537 g/mol. The number of thioether (sulfide) groups is 1. The van der Waals surface area contributed by atoms with Gasteiger partial charge in [-0.05, 0) is 6.92 Å². The minimum absolute atomic E-state index is 0. The summed E-state index contributed by atoms with van der Waals surface area (Å²) in [7, 11) is -16.6. The number of nitrogens with zero attached hydrogens (tertiary/aromatic N) is 2. The number of phosphoric ester groups is 1. The molecule has 1 fully saturated rings. The Kier molecular flexibility index (Phi) is 10.2. The molecule has 2 heterocycles. The van der Waals surface area contributed by atoms with E-state index < -0.39 is 58.6 Å². The Morgan fingerprint density at radius 1 is 1.13 bits per heavy atom. The zero-order chi connectivity index (χ0) is 23.1. The molecule has 0 aromatic carbocycles. The summed E-state index contributed by atoms with van der Waals surface area (Å²) in [4.78, 5) is 51.1. The molecule has 1 aliphatic rings. The molecular weight excluding hydrogens is 518 g/mol. The number of nitrogen functional groups attached to an aromatic ring is 1. The Morgan fingerprint density at radius 3 is 2.26 bits per heavy atom.